The molecule has 0 aliphatic heterocycles. The van der Waals surface area contributed by atoms with Crippen LogP contribution in [-0.2, 0) is 0 Å². The molecule has 1 radical (unpaired) electrons. The maximum Gasteiger partial charge on any atom is 0.00525 e. The van der Waals surface area contributed by atoms with Gasteiger partial charge in [0.1, 0.15) is 0 Å². The van der Waals surface area contributed by atoms with Crippen LogP contribution in [0.15, 0.2) is 36.5 Å². The Kier molecular flexibility index (Phi) is 5.44. The Bertz CT molecular complexity index is 180. The third kappa shape index (κ3) is 5.96. The molecule has 0 heteroatoms. The van der Waals surface area contributed by atoms with Crippen molar-refractivity contribution in [2.45, 2.75) is 33.6 Å². The highest BCUT2D eigenvalue weighted by Gasteiger charge is 2.03. The second-order valence-corrected chi connectivity index (χ2v) is 3.51. The molecular formula is C12H19. The molecule has 0 aliphatic carbocycles. The molecule has 0 fully saturated rings. The van der Waals surface area contributed by atoms with Crippen LogP contribution in [-0.4, -0.2) is 0 Å². The molecular weight excluding hydrogens is 144 g/mol. The number of rotatable bonds is 5. The summed E-state index contributed by atoms with van der Waals surface area (Å²) in [6, 6.07) is 0. The zero-order valence-electron chi connectivity index (χ0n) is 8.48. The smallest absolute Gasteiger partial charge is 0.00525 e. The highest BCUT2D eigenvalue weighted by molar-refractivity contribution is 5.20. The van der Waals surface area contributed by atoms with Gasteiger partial charge >= 0.3 is 0 Å². The fraction of sp³-hybridized carbons (Fsp3) is 0.417. The van der Waals surface area contributed by atoms with Crippen LogP contribution < -0.4 is 0 Å². The van der Waals surface area contributed by atoms with E-state index in [1.165, 1.54) is 17.1 Å². The molecule has 0 unspecified atom stereocenters. The molecule has 67 valence electrons. The van der Waals surface area contributed by atoms with Crippen molar-refractivity contribution in [3.05, 3.63) is 42.4 Å². The van der Waals surface area contributed by atoms with Crippen molar-refractivity contribution in [1.29, 1.82) is 0 Å². The summed E-state index contributed by atoms with van der Waals surface area (Å²) < 4.78 is 0. The molecule has 0 amide bonds. The molecule has 0 spiro atoms. The summed E-state index contributed by atoms with van der Waals surface area (Å²) in [7, 11) is 0. The van der Waals surface area contributed by atoms with Crippen molar-refractivity contribution < 1.29 is 0 Å². The molecule has 0 bridgehead atoms. The highest BCUT2D eigenvalue weighted by Crippen LogP contribution is 2.19. The molecule has 0 nitrogen and oxygen atoms in total. The maximum absolute atomic E-state index is 3.90. The first-order valence-corrected chi connectivity index (χ1v) is 4.31. The molecule has 0 N–H and O–H groups in total. The predicted molar refractivity (Wildman–Crippen MR) is 56.9 cm³/mol. The first-order valence-electron chi connectivity index (χ1n) is 4.31. The lowest BCUT2D eigenvalue weighted by Gasteiger charge is -2.09. The van der Waals surface area contributed by atoms with E-state index in [1.54, 1.807) is 0 Å². The second kappa shape index (κ2) is 5.82. The third-order valence-electron chi connectivity index (χ3n) is 1.43. The molecule has 0 heterocycles. The van der Waals surface area contributed by atoms with Gasteiger partial charge in [-0.25, -0.2) is 0 Å². The lowest BCUT2D eigenvalue weighted by molar-refractivity contribution is 0.930. The topological polar surface area (TPSA) is 0 Å². The number of hydrogen-bond donors (Lipinski definition) is 0. The van der Waals surface area contributed by atoms with E-state index in [0.29, 0.717) is 0 Å². The van der Waals surface area contributed by atoms with Crippen LogP contribution in [0.5, 0.6) is 0 Å². The van der Waals surface area contributed by atoms with Gasteiger partial charge in [-0.1, -0.05) is 23.3 Å². The van der Waals surface area contributed by atoms with Crippen LogP contribution in [0.4, 0.5) is 0 Å². The molecule has 0 saturated heterocycles. The molecule has 0 aromatic carbocycles. The van der Waals surface area contributed by atoms with Crippen LogP contribution in [0, 0.1) is 5.92 Å². The Labute approximate surface area is 76.7 Å². The van der Waals surface area contributed by atoms with Gasteiger partial charge in [0.2, 0.25) is 0 Å². The van der Waals surface area contributed by atoms with E-state index in [2.05, 4.69) is 40.0 Å². The van der Waals surface area contributed by atoms with Crippen LogP contribution in [0.25, 0.3) is 0 Å². The summed E-state index contributed by atoms with van der Waals surface area (Å²) in [5, 5.41) is 0. The van der Waals surface area contributed by atoms with E-state index < -0.39 is 0 Å². The second-order valence-electron chi connectivity index (χ2n) is 3.51. The normalized spacial score (nSPS) is 9.67. The molecule has 0 aliphatic rings. The Morgan fingerprint density at radius 2 is 1.83 bits per heavy atom. The van der Waals surface area contributed by atoms with Crippen molar-refractivity contribution >= 4 is 0 Å². The zero-order chi connectivity index (χ0) is 9.56. The quantitative estimate of drug-likeness (QED) is 0.536. The monoisotopic (exact) mass is 163 g/mol. The van der Waals surface area contributed by atoms with Crippen molar-refractivity contribution in [3.63, 3.8) is 0 Å². The van der Waals surface area contributed by atoms with Gasteiger partial charge in [-0.3, -0.25) is 0 Å². The van der Waals surface area contributed by atoms with Crippen molar-refractivity contribution in [3.8, 4) is 0 Å². The van der Waals surface area contributed by atoms with Crippen LogP contribution >= 0.6 is 0 Å². The minimum absolute atomic E-state index is 0.970. The SMILES string of the molecule is C=CC[C](C=C(C)C)CC(=C)C. The van der Waals surface area contributed by atoms with Crippen LogP contribution in [0.1, 0.15) is 33.6 Å². The minimum Gasteiger partial charge on any atom is -0.103 e. The van der Waals surface area contributed by atoms with E-state index in [-0.39, 0.29) is 0 Å². The lowest BCUT2D eigenvalue weighted by atomic mass is 9.96. The molecule has 0 aromatic heterocycles. The molecule has 0 saturated carbocycles. The first-order chi connectivity index (χ1) is 5.56. The summed E-state index contributed by atoms with van der Waals surface area (Å²) in [5.41, 5.74) is 2.55. The van der Waals surface area contributed by atoms with Gasteiger partial charge in [0.05, 0.1) is 0 Å². The van der Waals surface area contributed by atoms with Crippen molar-refractivity contribution in [2.24, 2.45) is 0 Å². The Morgan fingerprint density at radius 1 is 1.25 bits per heavy atom. The average Bonchev–Trinajstić information content (AvgIpc) is 1.84. The third-order valence-corrected chi connectivity index (χ3v) is 1.43. The Balaban J connectivity index is 4.12. The summed E-state index contributed by atoms with van der Waals surface area (Å²) in [6.07, 6.45) is 6.13. The van der Waals surface area contributed by atoms with Gasteiger partial charge < -0.3 is 0 Å². The standard InChI is InChI=1S/C12H19/c1-6-7-12(8-10(2)3)9-11(4)5/h6,9H,1-2,7-8H2,3-5H3. The van der Waals surface area contributed by atoms with Gasteiger partial charge in [-0.15, -0.1) is 13.2 Å². The summed E-state index contributed by atoms with van der Waals surface area (Å²) >= 11 is 0. The maximum atomic E-state index is 3.90. The Morgan fingerprint density at radius 3 is 2.17 bits per heavy atom. The van der Waals surface area contributed by atoms with E-state index in [0.717, 1.165) is 12.8 Å². The number of allylic oxidation sites excluding steroid dienone is 4. The van der Waals surface area contributed by atoms with Gasteiger partial charge in [0.25, 0.3) is 0 Å². The van der Waals surface area contributed by atoms with Gasteiger partial charge in [-0.2, -0.15) is 0 Å². The minimum atomic E-state index is 0.970. The number of hydrogen-bond acceptors (Lipinski definition) is 0. The van der Waals surface area contributed by atoms with Gasteiger partial charge in [0.15, 0.2) is 0 Å². The fourth-order valence-corrected chi connectivity index (χ4v) is 1.16. The average molecular weight is 163 g/mol. The molecule has 12 heavy (non-hydrogen) atoms. The van der Waals surface area contributed by atoms with Crippen molar-refractivity contribution in [2.75, 3.05) is 0 Å². The van der Waals surface area contributed by atoms with Crippen LogP contribution in [0.2, 0.25) is 0 Å². The van der Waals surface area contributed by atoms with E-state index in [1.807, 2.05) is 6.08 Å². The largest absolute Gasteiger partial charge is 0.103 e. The molecule has 0 atom stereocenters. The summed E-state index contributed by atoms with van der Waals surface area (Å²) in [4.78, 5) is 0. The fourth-order valence-electron chi connectivity index (χ4n) is 1.16. The zero-order valence-corrected chi connectivity index (χ0v) is 8.48. The van der Waals surface area contributed by atoms with Gasteiger partial charge in [-0.05, 0) is 33.6 Å². The van der Waals surface area contributed by atoms with E-state index >= 15 is 0 Å². The first kappa shape index (κ1) is 11.2. The summed E-state index contributed by atoms with van der Waals surface area (Å²) in [5.74, 6) is 1.40. The van der Waals surface area contributed by atoms with Crippen LogP contribution in [0.3, 0.4) is 0 Å². The Hall–Kier alpha value is -0.780. The van der Waals surface area contributed by atoms with Gasteiger partial charge in [0, 0.05) is 5.92 Å². The lowest BCUT2D eigenvalue weighted by Crippen LogP contribution is -1.93. The van der Waals surface area contributed by atoms with Crippen molar-refractivity contribution in [1.82, 2.24) is 0 Å². The van der Waals surface area contributed by atoms with E-state index in [4.69, 9.17) is 0 Å². The predicted octanol–water partition coefficient (Wildman–Crippen LogP) is 4.07. The molecule has 0 aromatic rings. The highest BCUT2D eigenvalue weighted by atomic mass is 14.1. The van der Waals surface area contributed by atoms with E-state index in [9.17, 15) is 0 Å². The summed E-state index contributed by atoms with van der Waals surface area (Å²) in [6.45, 7) is 13.9. The molecule has 0 rings (SSSR count).